The van der Waals surface area contributed by atoms with Gasteiger partial charge in [-0.05, 0) is 69.8 Å². The molecule has 51 heavy (non-hydrogen) atoms. The molecule has 0 saturated heterocycles. The van der Waals surface area contributed by atoms with Gasteiger partial charge in [-0.1, -0.05) is 145 Å². The molecule has 0 saturated carbocycles. The van der Waals surface area contributed by atoms with E-state index >= 15 is 0 Å². The molecule has 4 nitrogen and oxygen atoms in total. The zero-order valence-corrected chi connectivity index (χ0v) is 28.0. The van der Waals surface area contributed by atoms with E-state index in [1.807, 2.05) is 78.9 Å². The predicted octanol–water partition coefficient (Wildman–Crippen LogP) is 11.7. The number of benzene rings is 7. The van der Waals surface area contributed by atoms with Gasteiger partial charge in [0.1, 0.15) is 11.5 Å². The van der Waals surface area contributed by atoms with Crippen molar-refractivity contribution in [3.05, 3.63) is 197 Å². The van der Waals surface area contributed by atoms with Gasteiger partial charge in [0.25, 0.3) is 0 Å². The zero-order valence-electron chi connectivity index (χ0n) is 27.3. The third-order valence-electron chi connectivity index (χ3n) is 10.0. The lowest BCUT2D eigenvalue weighted by Gasteiger charge is -2.39. The van der Waals surface area contributed by atoms with E-state index in [1.54, 1.807) is 0 Å². The summed E-state index contributed by atoms with van der Waals surface area (Å²) in [6.45, 7) is 0. The summed E-state index contributed by atoms with van der Waals surface area (Å²) in [6.07, 6.45) is 0. The van der Waals surface area contributed by atoms with Gasteiger partial charge in [0.2, 0.25) is 0 Å². The molecular weight excluding hydrogens is 646 g/mol. The van der Waals surface area contributed by atoms with Crippen LogP contribution in [0.25, 0.3) is 56.4 Å². The molecule has 7 aromatic carbocycles. The number of aromatic nitrogens is 3. The summed E-state index contributed by atoms with van der Waals surface area (Å²) in [5.74, 6) is 3.46. The van der Waals surface area contributed by atoms with Crippen molar-refractivity contribution in [3.63, 3.8) is 0 Å². The fourth-order valence-corrected chi connectivity index (χ4v) is 8.09. The van der Waals surface area contributed by atoms with Gasteiger partial charge in [0.05, 0.1) is 5.41 Å². The summed E-state index contributed by atoms with van der Waals surface area (Å²) in [5.41, 5.74) is 11.3. The monoisotopic (exact) mass is 673 g/mol. The summed E-state index contributed by atoms with van der Waals surface area (Å²) >= 11 is 6.93. The van der Waals surface area contributed by atoms with Gasteiger partial charge in [-0.25, -0.2) is 15.0 Å². The van der Waals surface area contributed by atoms with E-state index in [9.17, 15) is 0 Å². The van der Waals surface area contributed by atoms with Gasteiger partial charge in [-0.2, -0.15) is 0 Å². The average Bonchev–Trinajstić information content (AvgIpc) is 3.49. The van der Waals surface area contributed by atoms with E-state index in [2.05, 4.69) is 91.0 Å². The van der Waals surface area contributed by atoms with Crippen molar-refractivity contribution in [2.45, 2.75) is 5.41 Å². The fraction of sp³-hybridized carbons (Fsp3) is 0.0217. The molecule has 2 heterocycles. The zero-order chi connectivity index (χ0) is 33.9. The minimum Gasteiger partial charge on any atom is -0.457 e. The van der Waals surface area contributed by atoms with Gasteiger partial charge >= 0.3 is 0 Å². The first-order chi connectivity index (χ1) is 25.2. The molecule has 10 rings (SSSR count). The highest BCUT2D eigenvalue weighted by Gasteiger charge is 2.51. The number of nitrogens with zero attached hydrogens (tertiary/aromatic N) is 3. The van der Waals surface area contributed by atoms with Crippen LogP contribution in [-0.4, -0.2) is 15.0 Å². The molecule has 1 aliphatic carbocycles. The van der Waals surface area contributed by atoms with Gasteiger partial charge in [-0.15, -0.1) is 0 Å². The maximum Gasteiger partial charge on any atom is 0.164 e. The molecule has 8 aromatic rings. The van der Waals surface area contributed by atoms with Crippen LogP contribution in [0, 0.1) is 0 Å². The van der Waals surface area contributed by atoms with Crippen LogP contribution in [0.4, 0.5) is 0 Å². The second-order valence-corrected chi connectivity index (χ2v) is 13.4. The molecule has 0 N–H and O–H groups in total. The van der Waals surface area contributed by atoms with E-state index in [0.717, 1.165) is 50.4 Å². The lowest BCUT2D eigenvalue weighted by Crippen LogP contribution is -2.32. The van der Waals surface area contributed by atoms with Crippen molar-refractivity contribution in [1.29, 1.82) is 0 Å². The number of hydrogen-bond acceptors (Lipinski definition) is 4. The van der Waals surface area contributed by atoms with Crippen LogP contribution >= 0.6 is 11.6 Å². The third-order valence-corrected chi connectivity index (χ3v) is 10.3. The summed E-state index contributed by atoms with van der Waals surface area (Å²) < 4.78 is 6.66. The van der Waals surface area contributed by atoms with Crippen molar-refractivity contribution in [3.8, 4) is 67.9 Å². The van der Waals surface area contributed by atoms with Crippen molar-refractivity contribution < 1.29 is 4.74 Å². The molecule has 240 valence electrons. The number of hydrogen-bond donors (Lipinski definition) is 0. The number of para-hydroxylation sites is 1. The Bertz CT molecular complexity index is 2530. The standard InChI is InChI=1S/C46H28ClN3O/c47-34-26-32(25-33(27-34)45-49-43(29-13-3-1-4-14-29)48-44(50-45)30-15-5-2-6-16-30)31-23-24-42-40(28-31)46(39-21-11-12-22-41(39)51-42)37-19-9-7-17-35(37)36-18-8-10-20-38(36)46/h1-28H. The number of ether oxygens (including phenoxy) is 1. The smallest absolute Gasteiger partial charge is 0.164 e. The van der Waals surface area contributed by atoms with Crippen LogP contribution < -0.4 is 4.74 Å². The van der Waals surface area contributed by atoms with E-state index < -0.39 is 5.41 Å². The lowest BCUT2D eigenvalue weighted by atomic mass is 9.66. The molecule has 0 radical (unpaired) electrons. The average molecular weight is 674 g/mol. The third kappa shape index (κ3) is 4.64. The van der Waals surface area contributed by atoms with E-state index in [1.165, 1.54) is 22.3 Å². The van der Waals surface area contributed by atoms with E-state index in [-0.39, 0.29) is 0 Å². The largest absolute Gasteiger partial charge is 0.457 e. The highest BCUT2D eigenvalue weighted by atomic mass is 35.5. The molecule has 1 aliphatic heterocycles. The SMILES string of the molecule is Clc1cc(-c2ccc3c(c2)C2(c4ccccc4O3)c3ccccc3-c3ccccc32)cc(-c2nc(-c3ccccc3)nc(-c3ccccc3)n2)c1. The van der Waals surface area contributed by atoms with Crippen molar-refractivity contribution in [1.82, 2.24) is 15.0 Å². The minimum atomic E-state index is -0.557. The molecule has 1 aromatic heterocycles. The Hall–Kier alpha value is -6.36. The molecule has 0 amide bonds. The molecule has 1 spiro atoms. The molecule has 5 heteroatoms. The highest BCUT2D eigenvalue weighted by molar-refractivity contribution is 6.31. The lowest BCUT2D eigenvalue weighted by molar-refractivity contribution is 0.436. The second kappa shape index (κ2) is 11.6. The molecule has 2 aliphatic rings. The van der Waals surface area contributed by atoms with E-state index in [4.69, 9.17) is 31.3 Å². The Kier molecular flexibility index (Phi) is 6.73. The molecule has 0 unspecified atom stereocenters. The predicted molar refractivity (Wildman–Crippen MR) is 204 cm³/mol. The fourth-order valence-electron chi connectivity index (χ4n) is 7.86. The first kappa shape index (κ1) is 29.5. The topological polar surface area (TPSA) is 47.9 Å². The van der Waals surface area contributed by atoms with Crippen LogP contribution in [0.15, 0.2) is 170 Å². The second-order valence-electron chi connectivity index (χ2n) is 12.9. The summed E-state index contributed by atoms with van der Waals surface area (Å²) in [4.78, 5) is 14.8. The highest BCUT2D eigenvalue weighted by Crippen LogP contribution is 2.62. The van der Waals surface area contributed by atoms with Crippen LogP contribution in [0.3, 0.4) is 0 Å². The minimum absolute atomic E-state index is 0.553. The van der Waals surface area contributed by atoms with E-state index in [0.29, 0.717) is 22.5 Å². The Morgan fingerprint density at radius 2 is 0.863 bits per heavy atom. The normalized spacial score (nSPS) is 13.1. The summed E-state index contributed by atoms with van der Waals surface area (Å²) in [5, 5.41) is 0.594. The van der Waals surface area contributed by atoms with Gasteiger partial charge < -0.3 is 4.74 Å². The van der Waals surface area contributed by atoms with Crippen molar-refractivity contribution in [2.24, 2.45) is 0 Å². The first-order valence-electron chi connectivity index (χ1n) is 17.0. The number of fused-ring (bicyclic) bond motifs is 9. The molecule has 0 atom stereocenters. The van der Waals surface area contributed by atoms with Gasteiger partial charge in [0, 0.05) is 32.8 Å². The van der Waals surface area contributed by atoms with Crippen molar-refractivity contribution in [2.75, 3.05) is 0 Å². The Balaban J connectivity index is 1.17. The van der Waals surface area contributed by atoms with Gasteiger partial charge in [0.15, 0.2) is 17.5 Å². The maximum absolute atomic E-state index is 6.93. The van der Waals surface area contributed by atoms with Crippen LogP contribution in [0.5, 0.6) is 11.5 Å². The summed E-state index contributed by atoms with van der Waals surface area (Å²) in [7, 11) is 0. The molecular formula is C46H28ClN3O. The Morgan fingerprint density at radius 3 is 1.49 bits per heavy atom. The van der Waals surface area contributed by atoms with Gasteiger partial charge in [-0.3, -0.25) is 0 Å². The Labute approximate surface area is 300 Å². The van der Waals surface area contributed by atoms with Crippen LogP contribution in [0.2, 0.25) is 5.02 Å². The van der Waals surface area contributed by atoms with Crippen LogP contribution in [0.1, 0.15) is 22.3 Å². The number of halogens is 1. The number of rotatable bonds is 4. The molecule has 0 fully saturated rings. The Morgan fingerprint density at radius 1 is 0.373 bits per heavy atom. The van der Waals surface area contributed by atoms with Crippen molar-refractivity contribution >= 4 is 11.6 Å². The quantitative estimate of drug-likeness (QED) is 0.186. The first-order valence-corrected chi connectivity index (χ1v) is 17.3. The maximum atomic E-state index is 6.93. The van der Waals surface area contributed by atoms with Crippen LogP contribution in [-0.2, 0) is 5.41 Å². The summed E-state index contributed by atoms with van der Waals surface area (Å²) in [6, 6.07) is 58.5. The molecule has 0 bridgehead atoms.